The number of carbonyl (C=O) groups excluding carboxylic acids is 1. The Labute approximate surface area is 191 Å². The molecule has 0 fully saturated rings. The summed E-state index contributed by atoms with van der Waals surface area (Å²) in [5.41, 5.74) is 2.22. The molecule has 7 nitrogen and oxygen atoms in total. The van der Waals surface area contributed by atoms with Gasteiger partial charge in [0.2, 0.25) is 0 Å². The largest absolute Gasteiger partial charge is 0.495 e. The molecule has 0 radical (unpaired) electrons. The summed E-state index contributed by atoms with van der Waals surface area (Å²) in [6.07, 6.45) is 1.49. The van der Waals surface area contributed by atoms with Crippen molar-refractivity contribution in [2.45, 2.75) is 6.61 Å². The van der Waals surface area contributed by atoms with E-state index in [1.54, 1.807) is 43.5 Å². The lowest BCUT2D eigenvalue weighted by Crippen LogP contribution is -2.17. The van der Waals surface area contributed by atoms with Crippen LogP contribution in [-0.4, -0.2) is 32.9 Å². The average molecular weight is 455 g/mol. The number of benzene rings is 3. The highest BCUT2D eigenvalue weighted by atomic mass is 35.5. The van der Waals surface area contributed by atoms with E-state index in [2.05, 4.69) is 10.5 Å². The zero-order valence-corrected chi connectivity index (χ0v) is 18.5. The number of halogens is 1. The predicted molar refractivity (Wildman–Crippen MR) is 124 cm³/mol. The number of hydrogen-bond acceptors (Lipinski definition) is 6. The van der Waals surface area contributed by atoms with Crippen molar-refractivity contribution < 1.29 is 23.8 Å². The Morgan fingerprint density at radius 2 is 1.72 bits per heavy atom. The fourth-order valence-electron chi connectivity index (χ4n) is 2.78. The molecular weight excluding hydrogens is 432 g/mol. The summed E-state index contributed by atoms with van der Waals surface area (Å²) in [6, 6.07) is 20.1. The van der Waals surface area contributed by atoms with Crippen LogP contribution in [-0.2, 0) is 16.2 Å². The third kappa shape index (κ3) is 6.65. The zero-order valence-electron chi connectivity index (χ0n) is 17.7. The molecule has 0 aromatic heterocycles. The molecule has 0 aliphatic rings. The maximum Gasteiger partial charge on any atom is 0.265 e. The van der Waals surface area contributed by atoms with Crippen LogP contribution in [0.4, 0.5) is 5.69 Å². The molecule has 3 rings (SSSR count). The molecule has 3 aromatic rings. The molecule has 0 unspecified atom stereocenters. The lowest BCUT2D eigenvalue weighted by atomic mass is 10.2. The maximum atomic E-state index is 12.1. The molecule has 0 saturated heterocycles. The van der Waals surface area contributed by atoms with E-state index in [4.69, 9.17) is 30.6 Å². The number of methoxy groups -OCH3 is 2. The molecule has 3 aromatic carbocycles. The highest BCUT2D eigenvalue weighted by Crippen LogP contribution is 2.29. The number of anilines is 1. The van der Waals surface area contributed by atoms with Crippen LogP contribution in [0.5, 0.6) is 17.2 Å². The second-order valence-corrected chi connectivity index (χ2v) is 7.02. The van der Waals surface area contributed by atoms with Crippen LogP contribution in [0.25, 0.3) is 0 Å². The summed E-state index contributed by atoms with van der Waals surface area (Å²) >= 11 is 5.96. The van der Waals surface area contributed by atoms with Crippen LogP contribution < -0.4 is 19.5 Å². The Bertz CT molecular complexity index is 1070. The molecule has 166 valence electrons. The van der Waals surface area contributed by atoms with Crippen LogP contribution >= 0.6 is 11.6 Å². The van der Waals surface area contributed by atoms with Gasteiger partial charge >= 0.3 is 0 Å². The number of rotatable bonds is 10. The Hall–Kier alpha value is -3.71. The van der Waals surface area contributed by atoms with Crippen molar-refractivity contribution in [3.63, 3.8) is 0 Å². The Morgan fingerprint density at radius 1 is 0.969 bits per heavy atom. The zero-order chi connectivity index (χ0) is 22.8. The maximum absolute atomic E-state index is 12.1. The van der Waals surface area contributed by atoms with Crippen LogP contribution in [0.2, 0.25) is 5.02 Å². The van der Waals surface area contributed by atoms with Gasteiger partial charge in [-0.3, -0.25) is 4.79 Å². The molecule has 32 heavy (non-hydrogen) atoms. The van der Waals surface area contributed by atoms with Crippen LogP contribution in [0.3, 0.4) is 0 Å². The molecule has 0 bridgehead atoms. The summed E-state index contributed by atoms with van der Waals surface area (Å²) in [4.78, 5) is 17.2. The summed E-state index contributed by atoms with van der Waals surface area (Å²) in [5.74, 6) is 1.27. The first-order valence-electron chi connectivity index (χ1n) is 9.72. The first kappa shape index (κ1) is 23.0. The van der Waals surface area contributed by atoms with E-state index in [9.17, 15) is 4.79 Å². The van der Waals surface area contributed by atoms with Crippen LogP contribution in [0.15, 0.2) is 71.9 Å². The molecule has 0 heterocycles. The first-order chi connectivity index (χ1) is 15.6. The van der Waals surface area contributed by atoms with Crippen LogP contribution in [0.1, 0.15) is 11.1 Å². The monoisotopic (exact) mass is 454 g/mol. The van der Waals surface area contributed by atoms with Gasteiger partial charge in [0.1, 0.15) is 12.4 Å². The highest BCUT2D eigenvalue weighted by molar-refractivity contribution is 6.31. The standard InChI is InChI=1S/C24H23ClN2O5/c1-29-21-11-9-19(25)13-20(21)27-24(28)16-32-26-14-18-8-10-22(30-2)23(12-18)31-15-17-6-4-3-5-7-17/h3-14H,15-16H2,1-2H3,(H,27,28)/b26-14+. The van der Waals surface area contributed by atoms with Crippen molar-refractivity contribution in [2.75, 3.05) is 26.1 Å². The number of carbonyl (C=O) groups is 1. The van der Waals surface area contributed by atoms with E-state index in [1.165, 1.54) is 13.3 Å². The smallest absolute Gasteiger partial charge is 0.265 e. The highest BCUT2D eigenvalue weighted by Gasteiger charge is 2.09. The minimum Gasteiger partial charge on any atom is -0.495 e. The van der Waals surface area contributed by atoms with Gasteiger partial charge in [0.05, 0.1) is 26.1 Å². The predicted octanol–water partition coefficient (Wildman–Crippen LogP) is 4.93. The van der Waals surface area contributed by atoms with E-state index in [-0.39, 0.29) is 6.61 Å². The molecule has 0 atom stereocenters. The number of ether oxygens (including phenoxy) is 3. The first-order valence-corrected chi connectivity index (χ1v) is 10.1. The van der Waals surface area contributed by atoms with E-state index < -0.39 is 5.91 Å². The van der Waals surface area contributed by atoms with Gasteiger partial charge in [-0.25, -0.2) is 0 Å². The molecule has 8 heteroatoms. The third-order valence-electron chi connectivity index (χ3n) is 4.33. The van der Waals surface area contributed by atoms with E-state index in [0.29, 0.717) is 34.6 Å². The fraction of sp³-hybridized carbons (Fsp3) is 0.167. The van der Waals surface area contributed by atoms with Gasteiger partial charge in [-0.1, -0.05) is 47.1 Å². The van der Waals surface area contributed by atoms with E-state index in [0.717, 1.165) is 11.1 Å². The minimum atomic E-state index is -0.399. The van der Waals surface area contributed by atoms with Crippen molar-refractivity contribution in [1.82, 2.24) is 0 Å². The number of hydrogen-bond donors (Lipinski definition) is 1. The molecule has 0 spiro atoms. The third-order valence-corrected chi connectivity index (χ3v) is 4.57. The summed E-state index contributed by atoms with van der Waals surface area (Å²) < 4.78 is 16.4. The van der Waals surface area contributed by atoms with E-state index in [1.807, 2.05) is 30.3 Å². The van der Waals surface area contributed by atoms with Gasteiger partial charge in [0.15, 0.2) is 18.1 Å². The molecule has 1 N–H and O–H groups in total. The lowest BCUT2D eigenvalue weighted by molar-refractivity contribution is -0.120. The van der Waals surface area contributed by atoms with Gasteiger partial charge in [-0.15, -0.1) is 0 Å². The van der Waals surface area contributed by atoms with Gasteiger partial charge in [0, 0.05) is 10.6 Å². The van der Waals surface area contributed by atoms with Gasteiger partial charge in [-0.2, -0.15) is 0 Å². The Kier molecular flexibility index (Phi) is 8.34. The van der Waals surface area contributed by atoms with Gasteiger partial charge in [-0.05, 0) is 42.0 Å². The molecule has 0 saturated carbocycles. The van der Waals surface area contributed by atoms with Gasteiger partial charge in [0.25, 0.3) is 5.91 Å². The topological polar surface area (TPSA) is 78.4 Å². The number of oxime groups is 1. The molecular formula is C24H23ClN2O5. The Morgan fingerprint density at radius 3 is 2.47 bits per heavy atom. The Balaban J connectivity index is 1.55. The molecule has 0 aliphatic carbocycles. The van der Waals surface area contributed by atoms with Crippen molar-refractivity contribution in [1.29, 1.82) is 0 Å². The molecule has 0 aliphatic heterocycles. The van der Waals surface area contributed by atoms with E-state index >= 15 is 0 Å². The number of nitrogens with zero attached hydrogens (tertiary/aromatic N) is 1. The summed E-state index contributed by atoms with van der Waals surface area (Å²) in [6.45, 7) is 0.126. The fourth-order valence-corrected chi connectivity index (χ4v) is 2.95. The van der Waals surface area contributed by atoms with Gasteiger partial charge < -0.3 is 24.4 Å². The average Bonchev–Trinajstić information content (AvgIpc) is 2.81. The number of nitrogens with one attached hydrogen (secondary N) is 1. The number of amides is 1. The van der Waals surface area contributed by atoms with Crippen molar-refractivity contribution >= 4 is 29.4 Å². The SMILES string of the molecule is COc1ccc(Cl)cc1NC(=O)CO/N=C/c1ccc(OC)c(OCc2ccccc2)c1. The second kappa shape index (κ2) is 11.6. The van der Waals surface area contributed by atoms with Crippen molar-refractivity contribution in [3.05, 3.63) is 82.9 Å². The minimum absolute atomic E-state index is 0.278. The normalized spacial score (nSPS) is 10.6. The molecule has 1 amide bonds. The lowest BCUT2D eigenvalue weighted by Gasteiger charge is -2.11. The summed E-state index contributed by atoms with van der Waals surface area (Å²) in [5, 5.41) is 7.01. The van der Waals surface area contributed by atoms with Crippen molar-refractivity contribution in [3.8, 4) is 17.2 Å². The second-order valence-electron chi connectivity index (χ2n) is 6.59. The van der Waals surface area contributed by atoms with Crippen LogP contribution in [0, 0.1) is 0 Å². The van der Waals surface area contributed by atoms with Crippen molar-refractivity contribution in [2.24, 2.45) is 5.16 Å². The summed E-state index contributed by atoms with van der Waals surface area (Å²) in [7, 11) is 3.08. The quantitative estimate of drug-likeness (QED) is 0.347.